The lowest BCUT2D eigenvalue weighted by atomic mass is 9.81. The summed E-state index contributed by atoms with van der Waals surface area (Å²) in [4.78, 5) is 14.8. The Morgan fingerprint density at radius 2 is 2.11 bits per heavy atom. The van der Waals surface area contributed by atoms with E-state index in [0.29, 0.717) is 11.3 Å². The van der Waals surface area contributed by atoms with Gasteiger partial charge in [-0.15, -0.1) is 0 Å². The second kappa shape index (κ2) is 4.51. The fourth-order valence-corrected chi connectivity index (χ4v) is 2.46. The Balaban J connectivity index is 2.37. The molecule has 0 amide bonds. The van der Waals surface area contributed by atoms with Crippen LogP contribution in [0.15, 0.2) is 18.3 Å². The highest BCUT2D eigenvalue weighted by Crippen LogP contribution is 2.66. The van der Waals surface area contributed by atoms with Gasteiger partial charge in [-0.3, -0.25) is 9.78 Å². The predicted octanol–water partition coefficient (Wildman–Crippen LogP) is 3.29. The molecule has 0 radical (unpaired) electrons. The van der Waals surface area contributed by atoms with E-state index in [1.807, 2.05) is 0 Å². The molecule has 1 atom stereocenters. The quantitative estimate of drug-likeness (QED) is 0.915. The first-order valence-corrected chi connectivity index (χ1v) is 5.97. The first-order valence-electron chi connectivity index (χ1n) is 5.97. The lowest BCUT2D eigenvalue weighted by molar-refractivity contribution is -0.195. The Labute approximate surface area is 108 Å². The van der Waals surface area contributed by atoms with E-state index in [1.54, 1.807) is 19.1 Å². The summed E-state index contributed by atoms with van der Waals surface area (Å²) in [5.74, 6) is -2.28. The third-order valence-corrected chi connectivity index (χ3v) is 3.74. The molecule has 2 rings (SSSR count). The topological polar surface area (TPSA) is 50.2 Å². The van der Waals surface area contributed by atoms with Gasteiger partial charge < -0.3 is 5.11 Å². The number of nitrogens with zero attached hydrogens (tertiary/aromatic N) is 1. The van der Waals surface area contributed by atoms with Gasteiger partial charge in [-0.25, -0.2) is 0 Å². The van der Waals surface area contributed by atoms with Crippen molar-refractivity contribution in [2.24, 2.45) is 5.41 Å². The van der Waals surface area contributed by atoms with Gasteiger partial charge in [0, 0.05) is 17.8 Å². The number of carbonyl (C=O) groups is 1. The maximum Gasteiger partial charge on any atom is 0.395 e. The summed E-state index contributed by atoms with van der Waals surface area (Å²) < 4.78 is 39.4. The van der Waals surface area contributed by atoms with Crippen LogP contribution in [0.25, 0.3) is 0 Å². The van der Waals surface area contributed by atoms with Crippen molar-refractivity contribution >= 4 is 5.97 Å². The first-order chi connectivity index (χ1) is 8.76. The van der Waals surface area contributed by atoms with E-state index in [2.05, 4.69) is 4.98 Å². The molecule has 19 heavy (non-hydrogen) atoms. The summed E-state index contributed by atoms with van der Waals surface area (Å²) in [7, 11) is 0. The molecular formula is C13H14F3NO2. The number of pyridine rings is 1. The molecular weight excluding hydrogens is 259 g/mol. The second-order valence-corrected chi connectivity index (χ2v) is 5.04. The van der Waals surface area contributed by atoms with E-state index in [9.17, 15) is 18.0 Å². The lowest BCUT2D eigenvalue weighted by Crippen LogP contribution is -2.32. The van der Waals surface area contributed by atoms with Gasteiger partial charge >= 0.3 is 12.1 Å². The van der Waals surface area contributed by atoms with Crippen molar-refractivity contribution < 1.29 is 23.1 Å². The number of aliphatic carboxylic acids is 1. The average molecular weight is 273 g/mol. The molecule has 0 saturated heterocycles. The molecule has 1 aromatic heterocycles. The molecule has 0 aliphatic heterocycles. The molecule has 1 unspecified atom stereocenters. The second-order valence-electron chi connectivity index (χ2n) is 5.04. The first kappa shape index (κ1) is 13.8. The molecule has 1 heterocycles. The van der Waals surface area contributed by atoms with Crippen LogP contribution in [0.5, 0.6) is 0 Å². The molecule has 0 bridgehead atoms. The summed E-state index contributed by atoms with van der Waals surface area (Å²) >= 11 is 0. The Bertz CT molecular complexity index is 478. The molecule has 0 aromatic carbocycles. The Kier molecular flexibility index (Phi) is 3.28. The van der Waals surface area contributed by atoms with Gasteiger partial charge in [0.15, 0.2) is 0 Å². The molecule has 6 heteroatoms. The number of carboxylic acids is 1. The third kappa shape index (κ3) is 2.57. The Morgan fingerprint density at radius 3 is 2.47 bits per heavy atom. The van der Waals surface area contributed by atoms with Gasteiger partial charge in [0.25, 0.3) is 0 Å². The smallest absolute Gasteiger partial charge is 0.395 e. The number of hydrogen-bond acceptors (Lipinski definition) is 2. The van der Waals surface area contributed by atoms with Crippen LogP contribution in [-0.4, -0.2) is 22.2 Å². The largest absolute Gasteiger partial charge is 0.481 e. The van der Waals surface area contributed by atoms with E-state index in [4.69, 9.17) is 5.11 Å². The van der Waals surface area contributed by atoms with E-state index >= 15 is 0 Å². The van der Waals surface area contributed by atoms with E-state index in [0.717, 1.165) is 0 Å². The van der Waals surface area contributed by atoms with Crippen molar-refractivity contribution in [2.45, 2.75) is 38.3 Å². The Morgan fingerprint density at radius 1 is 1.47 bits per heavy atom. The molecule has 3 nitrogen and oxygen atoms in total. The van der Waals surface area contributed by atoms with E-state index in [-0.39, 0.29) is 12.8 Å². The number of carboxylic acid groups (broad SMARTS) is 1. The highest BCUT2D eigenvalue weighted by Gasteiger charge is 2.67. The number of halogens is 3. The minimum absolute atomic E-state index is 0.0116. The van der Waals surface area contributed by atoms with Crippen molar-refractivity contribution in [2.75, 3.05) is 0 Å². The minimum Gasteiger partial charge on any atom is -0.481 e. The zero-order valence-electron chi connectivity index (χ0n) is 10.4. The molecule has 1 aliphatic rings. The van der Waals surface area contributed by atoms with Gasteiger partial charge in [-0.05, 0) is 31.4 Å². The van der Waals surface area contributed by atoms with Crippen molar-refractivity contribution in [1.82, 2.24) is 4.98 Å². The van der Waals surface area contributed by atoms with Crippen LogP contribution < -0.4 is 0 Å². The summed E-state index contributed by atoms with van der Waals surface area (Å²) in [5, 5.41) is 8.87. The number of alkyl halides is 3. The van der Waals surface area contributed by atoms with Crippen LogP contribution in [0, 0.1) is 12.3 Å². The zero-order chi connectivity index (χ0) is 14.3. The van der Waals surface area contributed by atoms with Crippen molar-refractivity contribution in [3.8, 4) is 0 Å². The number of aryl methyl sites for hydroxylation is 1. The standard InChI is InChI=1S/C13H14F3NO2/c1-8-2-3-9(7-17-8)10(6-11(18)19)12(4-5-12)13(14,15)16/h2-3,7,10H,4-6H2,1H3,(H,18,19). The number of rotatable bonds is 4. The fourth-order valence-electron chi connectivity index (χ4n) is 2.46. The maximum atomic E-state index is 13.1. The number of hydrogen-bond donors (Lipinski definition) is 1. The summed E-state index contributed by atoms with van der Waals surface area (Å²) in [6, 6.07) is 3.15. The zero-order valence-corrected chi connectivity index (χ0v) is 10.4. The molecule has 1 N–H and O–H groups in total. The van der Waals surface area contributed by atoms with Crippen LogP contribution >= 0.6 is 0 Å². The molecule has 1 aliphatic carbocycles. The average Bonchev–Trinajstić information content (AvgIpc) is 3.07. The van der Waals surface area contributed by atoms with Crippen molar-refractivity contribution in [3.63, 3.8) is 0 Å². The fraction of sp³-hybridized carbons (Fsp3) is 0.538. The molecule has 0 spiro atoms. The van der Waals surface area contributed by atoms with Gasteiger partial charge in [0.2, 0.25) is 0 Å². The summed E-state index contributed by atoms with van der Waals surface area (Å²) in [6.45, 7) is 1.73. The summed E-state index contributed by atoms with van der Waals surface area (Å²) in [6.07, 6.45) is -3.57. The molecule has 1 saturated carbocycles. The van der Waals surface area contributed by atoms with Crippen molar-refractivity contribution in [3.05, 3.63) is 29.6 Å². The SMILES string of the molecule is Cc1ccc(C(CC(=O)O)C2(C(F)(F)F)CC2)cn1. The van der Waals surface area contributed by atoms with Crippen LogP contribution in [-0.2, 0) is 4.79 Å². The normalized spacial score (nSPS) is 18.9. The highest BCUT2D eigenvalue weighted by molar-refractivity contribution is 5.68. The maximum absolute atomic E-state index is 13.1. The van der Waals surface area contributed by atoms with Crippen LogP contribution in [0.4, 0.5) is 13.2 Å². The van der Waals surface area contributed by atoms with Crippen LogP contribution in [0.2, 0.25) is 0 Å². The number of aromatic nitrogens is 1. The van der Waals surface area contributed by atoms with E-state index in [1.165, 1.54) is 6.20 Å². The van der Waals surface area contributed by atoms with Gasteiger partial charge in [0.05, 0.1) is 11.8 Å². The summed E-state index contributed by atoms with van der Waals surface area (Å²) in [5.41, 5.74) is -0.847. The minimum atomic E-state index is -4.38. The highest BCUT2D eigenvalue weighted by atomic mass is 19.4. The Hall–Kier alpha value is -1.59. The monoisotopic (exact) mass is 273 g/mol. The lowest BCUT2D eigenvalue weighted by Gasteiger charge is -2.28. The molecule has 1 fully saturated rings. The predicted molar refractivity (Wildman–Crippen MR) is 61.7 cm³/mol. The van der Waals surface area contributed by atoms with E-state index < -0.39 is 29.9 Å². The van der Waals surface area contributed by atoms with Gasteiger partial charge in [-0.2, -0.15) is 13.2 Å². The third-order valence-electron chi connectivity index (χ3n) is 3.74. The van der Waals surface area contributed by atoms with Gasteiger partial charge in [-0.1, -0.05) is 6.07 Å². The molecule has 1 aromatic rings. The van der Waals surface area contributed by atoms with Gasteiger partial charge in [0.1, 0.15) is 0 Å². The van der Waals surface area contributed by atoms with Crippen LogP contribution in [0.1, 0.15) is 36.4 Å². The van der Waals surface area contributed by atoms with Crippen molar-refractivity contribution in [1.29, 1.82) is 0 Å². The molecule has 104 valence electrons. The van der Waals surface area contributed by atoms with Crippen LogP contribution in [0.3, 0.4) is 0 Å².